The molecule has 0 aliphatic heterocycles. The normalized spacial score (nSPS) is 15.1. The summed E-state index contributed by atoms with van der Waals surface area (Å²) in [5, 5.41) is 11.7. The molecule has 0 saturated carbocycles. The Hall–Kier alpha value is -3.33. The fourth-order valence-electron chi connectivity index (χ4n) is 3.10. The number of fused-ring (bicyclic) bond motifs is 1. The fraction of sp³-hybridized carbons (Fsp3) is 0.286. The standard InChI is InChI=1S/C21H20N2O4/c22-12-15-8-10-17(11-9-15)26-14-21(25)27-13-20(24)23-19-7-3-5-16-4-1-2-6-18(16)19/h1-2,4,6,8-11,19H,3,5,7,13-14H2,(H,23,24). The molecule has 1 amide bonds. The molecule has 0 heterocycles. The molecule has 0 saturated heterocycles. The van der Waals surface area contributed by atoms with Gasteiger partial charge in [0.05, 0.1) is 17.7 Å². The number of benzene rings is 2. The summed E-state index contributed by atoms with van der Waals surface area (Å²) in [5.74, 6) is -0.504. The van der Waals surface area contributed by atoms with Crippen molar-refractivity contribution < 1.29 is 19.1 Å². The third-order valence-electron chi connectivity index (χ3n) is 4.41. The van der Waals surface area contributed by atoms with Gasteiger partial charge in [-0.3, -0.25) is 4.79 Å². The number of carbonyl (C=O) groups is 2. The minimum atomic E-state index is -0.626. The second-order valence-electron chi connectivity index (χ2n) is 6.30. The molecular formula is C21H20N2O4. The summed E-state index contributed by atoms with van der Waals surface area (Å²) in [6, 6.07) is 16.4. The Morgan fingerprint density at radius 1 is 1.11 bits per heavy atom. The van der Waals surface area contributed by atoms with Crippen LogP contribution >= 0.6 is 0 Å². The number of carbonyl (C=O) groups excluding carboxylic acids is 2. The second kappa shape index (κ2) is 8.86. The molecule has 0 fully saturated rings. The number of nitrogens with one attached hydrogen (secondary N) is 1. The predicted octanol–water partition coefficient (Wildman–Crippen LogP) is 2.67. The lowest BCUT2D eigenvalue weighted by Crippen LogP contribution is -2.34. The molecule has 1 unspecified atom stereocenters. The van der Waals surface area contributed by atoms with Gasteiger partial charge in [-0.05, 0) is 54.7 Å². The van der Waals surface area contributed by atoms with E-state index in [1.54, 1.807) is 24.3 Å². The first kappa shape index (κ1) is 18.5. The topological polar surface area (TPSA) is 88.4 Å². The zero-order valence-corrected chi connectivity index (χ0v) is 14.8. The molecule has 1 N–H and O–H groups in total. The summed E-state index contributed by atoms with van der Waals surface area (Å²) in [5.41, 5.74) is 2.89. The van der Waals surface area contributed by atoms with Gasteiger partial charge < -0.3 is 14.8 Å². The lowest BCUT2D eigenvalue weighted by molar-refractivity contribution is -0.150. The van der Waals surface area contributed by atoms with Crippen molar-refractivity contribution in [3.63, 3.8) is 0 Å². The maximum atomic E-state index is 12.1. The summed E-state index contributed by atoms with van der Waals surface area (Å²) in [6.07, 6.45) is 2.91. The van der Waals surface area contributed by atoms with E-state index in [9.17, 15) is 9.59 Å². The van der Waals surface area contributed by atoms with Crippen LogP contribution in [-0.4, -0.2) is 25.1 Å². The van der Waals surface area contributed by atoms with Crippen LogP contribution in [0.4, 0.5) is 0 Å². The van der Waals surface area contributed by atoms with Gasteiger partial charge >= 0.3 is 5.97 Å². The van der Waals surface area contributed by atoms with Crippen molar-refractivity contribution in [3.05, 3.63) is 65.2 Å². The van der Waals surface area contributed by atoms with Gasteiger partial charge in [0.25, 0.3) is 5.91 Å². The van der Waals surface area contributed by atoms with Crippen molar-refractivity contribution in [1.29, 1.82) is 5.26 Å². The Balaban J connectivity index is 1.42. The van der Waals surface area contributed by atoms with Crippen molar-refractivity contribution in [2.45, 2.75) is 25.3 Å². The number of nitriles is 1. The van der Waals surface area contributed by atoms with E-state index in [-0.39, 0.29) is 25.2 Å². The monoisotopic (exact) mass is 364 g/mol. The molecule has 6 heteroatoms. The van der Waals surface area contributed by atoms with Crippen LogP contribution in [0.1, 0.15) is 35.6 Å². The Labute approximate surface area is 157 Å². The molecule has 0 aromatic heterocycles. The highest BCUT2D eigenvalue weighted by Crippen LogP contribution is 2.29. The Kier molecular flexibility index (Phi) is 6.06. The molecule has 0 spiro atoms. The Morgan fingerprint density at radius 2 is 1.89 bits per heavy atom. The Morgan fingerprint density at radius 3 is 2.67 bits per heavy atom. The van der Waals surface area contributed by atoms with Gasteiger partial charge in [-0.2, -0.15) is 5.26 Å². The molecule has 1 atom stereocenters. The lowest BCUT2D eigenvalue weighted by Gasteiger charge is -2.26. The number of nitrogens with zero attached hydrogens (tertiary/aromatic N) is 1. The van der Waals surface area contributed by atoms with Crippen molar-refractivity contribution in [2.24, 2.45) is 0 Å². The molecule has 0 bridgehead atoms. The first-order valence-corrected chi connectivity index (χ1v) is 8.81. The van der Waals surface area contributed by atoms with E-state index in [4.69, 9.17) is 14.7 Å². The summed E-state index contributed by atoms with van der Waals surface area (Å²) < 4.78 is 10.3. The molecular weight excluding hydrogens is 344 g/mol. The van der Waals surface area contributed by atoms with Gasteiger partial charge in [-0.15, -0.1) is 0 Å². The van der Waals surface area contributed by atoms with Gasteiger partial charge in [0, 0.05) is 0 Å². The third kappa shape index (κ3) is 5.08. The quantitative estimate of drug-likeness (QED) is 0.796. The van der Waals surface area contributed by atoms with Gasteiger partial charge in [0.15, 0.2) is 13.2 Å². The summed E-state index contributed by atoms with van der Waals surface area (Å²) in [6.45, 7) is -0.639. The minimum absolute atomic E-state index is 0.0453. The summed E-state index contributed by atoms with van der Waals surface area (Å²) in [4.78, 5) is 23.9. The summed E-state index contributed by atoms with van der Waals surface area (Å²) in [7, 11) is 0. The molecule has 3 rings (SSSR count). The van der Waals surface area contributed by atoms with E-state index in [2.05, 4.69) is 11.4 Å². The van der Waals surface area contributed by atoms with E-state index in [0.717, 1.165) is 24.8 Å². The first-order chi connectivity index (χ1) is 13.2. The maximum absolute atomic E-state index is 12.1. The average molecular weight is 364 g/mol. The van der Waals surface area contributed by atoms with Crippen molar-refractivity contribution in [3.8, 4) is 11.8 Å². The number of amides is 1. The third-order valence-corrected chi connectivity index (χ3v) is 4.41. The van der Waals surface area contributed by atoms with Crippen molar-refractivity contribution >= 4 is 11.9 Å². The minimum Gasteiger partial charge on any atom is -0.482 e. The largest absolute Gasteiger partial charge is 0.482 e. The maximum Gasteiger partial charge on any atom is 0.344 e. The van der Waals surface area contributed by atoms with Gasteiger partial charge in [0.2, 0.25) is 0 Å². The highest BCUT2D eigenvalue weighted by atomic mass is 16.6. The molecule has 2 aromatic rings. The zero-order chi connectivity index (χ0) is 19.1. The van der Waals surface area contributed by atoms with Crippen LogP contribution in [0.2, 0.25) is 0 Å². The van der Waals surface area contributed by atoms with Crippen LogP contribution in [0, 0.1) is 11.3 Å². The van der Waals surface area contributed by atoms with Crippen molar-refractivity contribution in [1.82, 2.24) is 5.32 Å². The van der Waals surface area contributed by atoms with E-state index < -0.39 is 5.97 Å². The molecule has 2 aromatic carbocycles. The number of hydrogen-bond donors (Lipinski definition) is 1. The van der Waals surface area contributed by atoms with E-state index in [0.29, 0.717) is 11.3 Å². The van der Waals surface area contributed by atoms with E-state index in [1.165, 1.54) is 5.56 Å². The molecule has 0 radical (unpaired) electrons. The molecule has 27 heavy (non-hydrogen) atoms. The number of ether oxygens (including phenoxy) is 2. The van der Waals surface area contributed by atoms with Crippen LogP contribution in [0.3, 0.4) is 0 Å². The van der Waals surface area contributed by atoms with Crippen LogP contribution in [-0.2, 0) is 20.7 Å². The average Bonchev–Trinajstić information content (AvgIpc) is 2.71. The first-order valence-electron chi connectivity index (χ1n) is 8.81. The summed E-state index contributed by atoms with van der Waals surface area (Å²) >= 11 is 0. The second-order valence-corrected chi connectivity index (χ2v) is 6.30. The molecule has 1 aliphatic rings. The molecule has 138 valence electrons. The molecule has 6 nitrogen and oxygen atoms in total. The lowest BCUT2D eigenvalue weighted by atomic mass is 9.88. The smallest absolute Gasteiger partial charge is 0.344 e. The van der Waals surface area contributed by atoms with Crippen LogP contribution in [0.15, 0.2) is 48.5 Å². The van der Waals surface area contributed by atoms with Crippen LogP contribution < -0.4 is 10.1 Å². The van der Waals surface area contributed by atoms with Gasteiger partial charge in [-0.1, -0.05) is 24.3 Å². The fourth-order valence-corrected chi connectivity index (χ4v) is 3.10. The van der Waals surface area contributed by atoms with E-state index >= 15 is 0 Å². The number of esters is 1. The SMILES string of the molecule is N#Cc1ccc(OCC(=O)OCC(=O)NC2CCCc3ccccc32)cc1. The van der Waals surface area contributed by atoms with Crippen LogP contribution in [0.25, 0.3) is 0 Å². The predicted molar refractivity (Wildman–Crippen MR) is 97.9 cm³/mol. The highest BCUT2D eigenvalue weighted by molar-refractivity contribution is 5.81. The van der Waals surface area contributed by atoms with Crippen LogP contribution in [0.5, 0.6) is 5.75 Å². The molecule has 1 aliphatic carbocycles. The van der Waals surface area contributed by atoms with Crippen molar-refractivity contribution in [2.75, 3.05) is 13.2 Å². The number of hydrogen-bond acceptors (Lipinski definition) is 5. The number of rotatable bonds is 6. The van der Waals surface area contributed by atoms with Gasteiger partial charge in [-0.25, -0.2) is 4.79 Å². The number of aryl methyl sites for hydroxylation is 1. The Bertz CT molecular complexity index is 855. The highest BCUT2D eigenvalue weighted by Gasteiger charge is 2.21. The van der Waals surface area contributed by atoms with Gasteiger partial charge in [0.1, 0.15) is 5.75 Å². The van der Waals surface area contributed by atoms with E-state index in [1.807, 2.05) is 24.3 Å². The zero-order valence-electron chi connectivity index (χ0n) is 14.8.